The number of aromatic nitrogens is 1. The normalized spacial score (nSPS) is 27.1. The smallest absolute Gasteiger partial charge is 0.150 e. The quantitative estimate of drug-likeness (QED) is 0.861. The van der Waals surface area contributed by atoms with E-state index >= 15 is 0 Å². The van der Waals surface area contributed by atoms with Crippen molar-refractivity contribution in [3.05, 3.63) is 30.1 Å². The first-order valence-electron chi connectivity index (χ1n) is 5.86. The molecule has 17 heavy (non-hydrogen) atoms. The van der Waals surface area contributed by atoms with Crippen molar-refractivity contribution in [2.75, 3.05) is 18.1 Å². The van der Waals surface area contributed by atoms with Crippen LogP contribution < -0.4 is 5.73 Å². The minimum absolute atomic E-state index is 0.226. The zero-order chi connectivity index (χ0) is 12.4. The van der Waals surface area contributed by atoms with E-state index in [2.05, 4.69) is 4.98 Å². The largest absolute Gasteiger partial charge is 0.330 e. The van der Waals surface area contributed by atoms with Crippen LogP contribution in [0.4, 0.5) is 0 Å². The summed E-state index contributed by atoms with van der Waals surface area (Å²) >= 11 is 0. The molecule has 1 unspecified atom stereocenters. The highest BCUT2D eigenvalue weighted by molar-refractivity contribution is 7.91. The van der Waals surface area contributed by atoms with Gasteiger partial charge in [0.1, 0.15) is 0 Å². The average molecular weight is 254 g/mol. The van der Waals surface area contributed by atoms with Gasteiger partial charge < -0.3 is 5.73 Å². The third-order valence-corrected chi connectivity index (χ3v) is 5.42. The highest BCUT2D eigenvalue weighted by Crippen LogP contribution is 2.35. The van der Waals surface area contributed by atoms with Gasteiger partial charge in [-0.2, -0.15) is 0 Å². The number of hydrogen-bond acceptors (Lipinski definition) is 4. The van der Waals surface area contributed by atoms with Crippen LogP contribution in [-0.2, 0) is 16.3 Å². The van der Waals surface area contributed by atoms with Gasteiger partial charge in [-0.25, -0.2) is 8.42 Å². The Hall–Kier alpha value is -0.940. The molecular weight excluding hydrogens is 236 g/mol. The van der Waals surface area contributed by atoms with Gasteiger partial charge in [0.2, 0.25) is 0 Å². The van der Waals surface area contributed by atoms with E-state index in [1.165, 1.54) is 0 Å². The number of rotatable bonds is 4. The fourth-order valence-corrected chi connectivity index (χ4v) is 4.61. The molecule has 0 saturated carbocycles. The van der Waals surface area contributed by atoms with Crippen LogP contribution in [0.25, 0.3) is 0 Å². The van der Waals surface area contributed by atoms with Gasteiger partial charge in [-0.05, 0) is 43.4 Å². The van der Waals surface area contributed by atoms with Gasteiger partial charge in [-0.3, -0.25) is 4.98 Å². The molecule has 1 aromatic heterocycles. The van der Waals surface area contributed by atoms with Crippen LogP contribution in [0, 0.1) is 5.41 Å². The minimum atomic E-state index is -2.87. The maximum Gasteiger partial charge on any atom is 0.150 e. The van der Waals surface area contributed by atoms with E-state index < -0.39 is 9.84 Å². The standard InChI is InChI=1S/C12H18N2O2S/c13-9-12(6-8-17(15,16)10-12)5-4-11-3-1-2-7-14-11/h1-3,7H,4-6,8-10,13H2. The lowest BCUT2D eigenvalue weighted by atomic mass is 9.82. The van der Waals surface area contributed by atoms with E-state index in [1.807, 2.05) is 18.2 Å². The topological polar surface area (TPSA) is 73.0 Å². The molecule has 1 saturated heterocycles. The molecule has 0 spiro atoms. The number of hydrogen-bond donors (Lipinski definition) is 1. The molecule has 0 radical (unpaired) electrons. The number of aryl methyl sites for hydroxylation is 1. The molecule has 1 aliphatic heterocycles. The SMILES string of the molecule is NCC1(CCc2ccccn2)CCS(=O)(=O)C1. The van der Waals surface area contributed by atoms with Crippen LogP contribution in [0.5, 0.6) is 0 Å². The molecule has 2 N–H and O–H groups in total. The second-order valence-electron chi connectivity index (χ2n) is 4.87. The molecule has 2 heterocycles. The van der Waals surface area contributed by atoms with Crippen molar-refractivity contribution < 1.29 is 8.42 Å². The Morgan fingerprint density at radius 1 is 1.41 bits per heavy atom. The van der Waals surface area contributed by atoms with Crippen molar-refractivity contribution in [2.45, 2.75) is 19.3 Å². The maximum absolute atomic E-state index is 11.5. The van der Waals surface area contributed by atoms with Gasteiger partial charge in [0.25, 0.3) is 0 Å². The second-order valence-corrected chi connectivity index (χ2v) is 7.05. The van der Waals surface area contributed by atoms with E-state index in [0.717, 1.165) is 18.5 Å². The third kappa shape index (κ3) is 3.04. The van der Waals surface area contributed by atoms with Crippen molar-refractivity contribution in [1.82, 2.24) is 4.98 Å². The zero-order valence-corrected chi connectivity index (χ0v) is 10.6. The first-order valence-corrected chi connectivity index (χ1v) is 7.68. The Morgan fingerprint density at radius 2 is 2.24 bits per heavy atom. The van der Waals surface area contributed by atoms with Crippen LogP contribution in [0.15, 0.2) is 24.4 Å². The fraction of sp³-hybridized carbons (Fsp3) is 0.583. The summed E-state index contributed by atoms with van der Waals surface area (Å²) in [5.41, 5.74) is 6.55. The van der Waals surface area contributed by atoms with Crippen LogP contribution in [-0.4, -0.2) is 31.5 Å². The molecule has 1 fully saturated rings. The van der Waals surface area contributed by atoms with Crippen LogP contribution in [0.3, 0.4) is 0 Å². The predicted molar refractivity (Wildman–Crippen MR) is 67.3 cm³/mol. The summed E-state index contributed by atoms with van der Waals surface area (Å²) in [6.45, 7) is 0.444. The van der Waals surface area contributed by atoms with E-state index in [4.69, 9.17) is 5.73 Å². The Labute approximate surface area is 102 Å². The van der Waals surface area contributed by atoms with Gasteiger partial charge in [0.15, 0.2) is 9.84 Å². The van der Waals surface area contributed by atoms with Crippen molar-refractivity contribution in [2.24, 2.45) is 11.1 Å². The molecule has 0 amide bonds. The van der Waals surface area contributed by atoms with Gasteiger partial charge in [-0.15, -0.1) is 0 Å². The zero-order valence-electron chi connectivity index (χ0n) is 9.80. The van der Waals surface area contributed by atoms with Crippen LogP contribution >= 0.6 is 0 Å². The Kier molecular flexibility index (Phi) is 3.49. The molecule has 4 nitrogen and oxygen atoms in total. The molecule has 0 aromatic carbocycles. The Morgan fingerprint density at radius 3 is 2.76 bits per heavy atom. The van der Waals surface area contributed by atoms with Crippen molar-refractivity contribution in [3.63, 3.8) is 0 Å². The Bertz CT molecular complexity index is 473. The summed E-state index contributed by atoms with van der Waals surface area (Å²) < 4.78 is 23.1. The Balaban J connectivity index is 2.02. The molecule has 1 aliphatic rings. The van der Waals surface area contributed by atoms with E-state index in [0.29, 0.717) is 13.0 Å². The first-order chi connectivity index (χ1) is 8.05. The molecule has 0 bridgehead atoms. The first kappa shape index (κ1) is 12.5. The minimum Gasteiger partial charge on any atom is -0.330 e. The lowest BCUT2D eigenvalue weighted by Crippen LogP contribution is -2.32. The van der Waals surface area contributed by atoms with Crippen LogP contribution in [0.1, 0.15) is 18.5 Å². The van der Waals surface area contributed by atoms with Gasteiger partial charge >= 0.3 is 0 Å². The summed E-state index contributed by atoms with van der Waals surface area (Å²) in [5.74, 6) is 0.524. The number of sulfone groups is 1. The summed E-state index contributed by atoms with van der Waals surface area (Å²) in [6.07, 6.45) is 4.06. The molecule has 1 aromatic rings. The third-order valence-electron chi connectivity index (χ3n) is 3.54. The number of nitrogens with two attached hydrogens (primary N) is 1. The van der Waals surface area contributed by atoms with E-state index in [9.17, 15) is 8.42 Å². The highest BCUT2D eigenvalue weighted by Gasteiger charge is 2.40. The molecule has 5 heteroatoms. The van der Waals surface area contributed by atoms with Crippen LogP contribution in [0.2, 0.25) is 0 Å². The number of pyridine rings is 1. The van der Waals surface area contributed by atoms with Gasteiger partial charge in [0.05, 0.1) is 11.5 Å². The maximum atomic E-state index is 11.5. The lowest BCUT2D eigenvalue weighted by Gasteiger charge is -2.25. The highest BCUT2D eigenvalue weighted by atomic mass is 32.2. The molecule has 1 atom stereocenters. The van der Waals surface area contributed by atoms with Crippen molar-refractivity contribution >= 4 is 9.84 Å². The molecular formula is C12H18N2O2S. The number of nitrogens with zero attached hydrogens (tertiary/aromatic N) is 1. The fourth-order valence-electron chi connectivity index (χ4n) is 2.38. The molecule has 2 rings (SSSR count). The van der Waals surface area contributed by atoms with E-state index in [1.54, 1.807) is 6.20 Å². The summed E-state index contributed by atoms with van der Waals surface area (Å²) in [5, 5.41) is 0. The molecule has 0 aliphatic carbocycles. The van der Waals surface area contributed by atoms with Crippen molar-refractivity contribution in [3.8, 4) is 0 Å². The lowest BCUT2D eigenvalue weighted by molar-refractivity contribution is 0.317. The summed E-state index contributed by atoms with van der Waals surface area (Å²) in [7, 11) is -2.87. The molecule has 94 valence electrons. The van der Waals surface area contributed by atoms with Gasteiger partial charge in [0, 0.05) is 11.9 Å². The second kappa shape index (κ2) is 4.74. The van der Waals surface area contributed by atoms with Crippen molar-refractivity contribution in [1.29, 1.82) is 0 Å². The van der Waals surface area contributed by atoms with E-state index in [-0.39, 0.29) is 16.9 Å². The summed E-state index contributed by atoms with van der Waals surface area (Å²) in [4.78, 5) is 4.25. The van der Waals surface area contributed by atoms with Gasteiger partial charge in [-0.1, -0.05) is 6.07 Å². The summed E-state index contributed by atoms with van der Waals surface area (Å²) in [6, 6.07) is 5.79. The average Bonchev–Trinajstić information content (AvgIpc) is 2.65. The monoisotopic (exact) mass is 254 g/mol. The predicted octanol–water partition coefficient (Wildman–Crippen LogP) is 0.778.